The van der Waals surface area contributed by atoms with Gasteiger partial charge in [-0.1, -0.05) is 30.3 Å². The first-order valence-corrected chi connectivity index (χ1v) is 8.47. The van der Waals surface area contributed by atoms with Gasteiger partial charge in [-0.15, -0.1) is 0 Å². The second kappa shape index (κ2) is 7.90. The molecule has 1 amide bonds. The Morgan fingerprint density at radius 3 is 2.07 bits per heavy atom. The molecule has 154 valence electrons. The topological polar surface area (TPSA) is 29.5 Å². The number of alkyl halides is 6. The monoisotopic (exact) mass is 415 g/mol. The van der Waals surface area contributed by atoms with E-state index in [1.54, 1.807) is 30.3 Å². The van der Waals surface area contributed by atoms with Crippen LogP contribution in [-0.4, -0.2) is 24.0 Å². The van der Waals surface area contributed by atoms with Gasteiger partial charge in [-0.05, 0) is 35.4 Å². The lowest BCUT2D eigenvalue weighted by atomic mass is 10.0. The summed E-state index contributed by atoms with van der Waals surface area (Å²) in [5, 5.41) is 0. The summed E-state index contributed by atoms with van der Waals surface area (Å²) >= 11 is 0. The molecule has 1 saturated heterocycles. The van der Waals surface area contributed by atoms with E-state index in [9.17, 15) is 31.1 Å². The zero-order valence-electron chi connectivity index (χ0n) is 14.8. The summed E-state index contributed by atoms with van der Waals surface area (Å²) in [6.45, 7) is -0.0828. The first-order valence-electron chi connectivity index (χ1n) is 8.47. The number of halogens is 6. The third-order valence-electron chi connectivity index (χ3n) is 4.35. The van der Waals surface area contributed by atoms with Crippen LogP contribution in [0.3, 0.4) is 0 Å². The lowest BCUT2D eigenvalue weighted by Crippen LogP contribution is -2.40. The van der Waals surface area contributed by atoms with Crippen molar-refractivity contribution in [2.45, 2.75) is 18.4 Å². The van der Waals surface area contributed by atoms with Crippen LogP contribution in [0.2, 0.25) is 0 Å². The number of hydrogen-bond acceptors (Lipinski definition) is 2. The lowest BCUT2D eigenvalue weighted by Gasteiger charge is -2.33. The molecule has 1 fully saturated rings. The smallest absolute Gasteiger partial charge is 0.369 e. The number of morpholine rings is 1. The normalized spacial score (nSPS) is 18.5. The van der Waals surface area contributed by atoms with E-state index < -0.39 is 35.4 Å². The van der Waals surface area contributed by atoms with Crippen molar-refractivity contribution < 1.29 is 35.9 Å². The van der Waals surface area contributed by atoms with Gasteiger partial charge in [-0.2, -0.15) is 26.3 Å². The zero-order chi connectivity index (χ0) is 21.2. The quantitative estimate of drug-likeness (QED) is 0.638. The summed E-state index contributed by atoms with van der Waals surface area (Å²) in [5.74, 6) is -0.454. The van der Waals surface area contributed by atoms with E-state index >= 15 is 0 Å². The first-order chi connectivity index (χ1) is 13.6. The second-order valence-corrected chi connectivity index (χ2v) is 6.40. The van der Waals surface area contributed by atoms with Gasteiger partial charge in [0.15, 0.2) is 0 Å². The Balaban J connectivity index is 1.97. The summed E-state index contributed by atoms with van der Waals surface area (Å²) in [4.78, 5) is 13.5. The molecule has 29 heavy (non-hydrogen) atoms. The second-order valence-electron chi connectivity index (χ2n) is 6.40. The molecule has 0 aliphatic carbocycles. The minimum absolute atomic E-state index is 0.0595. The third kappa shape index (κ3) is 4.97. The fraction of sp³-hybridized carbons (Fsp3) is 0.250. The summed E-state index contributed by atoms with van der Waals surface area (Å²) in [5.41, 5.74) is -2.43. The summed E-state index contributed by atoms with van der Waals surface area (Å²) in [7, 11) is 0. The summed E-state index contributed by atoms with van der Waals surface area (Å²) in [6, 6.07) is 9.50. The Hall–Kier alpha value is -2.81. The molecule has 0 spiro atoms. The van der Waals surface area contributed by atoms with Crippen LogP contribution in [0.25, 0.3) is 6.08 Å². The predicted octanol–water partition coefficient (Wildman–Crippen LogP) is 5.30. The highest BCUT2D eigenvalue weighted by molar-refractivity contribution is 5.80. The first kappa shape index (κ1) is 20.9. The number of rotatable bonds is 3. The van der Waals surface area contributed by atoms with Gasteiger partial charge in [-0.25, -0.2) is 0 Å². The van der Waals surface area contributed by atoms with Gasteiger partial charge in [0.25, 0.3) is 5.91 Å². The minimum Gasteiger partial charge on any atom is -0.369 e. The molecule has 9 heteroatoms. The molecule has 0 radical (unpaired) electrons. The van der Waals surface area contributed by atoms with E-state index in [0.717, 1.165) is 11.6 Å². The molecule has 2 aromatic rings. The summed E-state index contributed by atoms with van der Waals surface area (Å²) in [6.07, 6.45) is -7.63. The van der Waals surface area contributed by atoms with Gasteiger partial charge in [-0.3, -0.25) is 4.79 Å². The van der Waals surface area contributed by atoms with Crippen LogP contribution < -0.4 is 0 Å². The van der Waals surface area contributed by atoms with Crippen molar-refractivity contribution in [2.75, 3.05) is 13.2 Å². The van der Waals surface area contributed by atoms with Gasteiger partial charge < -0.3 is 9.64 Å². The Kier molecular flexibility index (Phi) is 5.70. The molecule has 1 unspecified atom stereocenters. The number of amides is 1. The van der Waals surface area contributed by atoms with Crippen LogP contribution in [0.5, 0.6) is 0 Å². The average Bonchev–Trinajstić information content (AvgIpc) is 2.66. The maximum absolute atomic E-state index is 13.0. The largest absolute Gasteiger partial charge is 0.416 e. The lowest BCUT2D eigenvalue weighted by molar-refractivity contribution is -0.144. The van der Waals surface area contributed by atoms with Crippen molar-refractivity contribution >= 4 is 12.0 Å². The van der Waals surface area contributed by atoms with Gasteiger partial charge in [0, 0.05) is 6.20 Å². The molecule has 1 atom stereocenters. The van der Waals surface area contributed by atoms with Crippen molar-refractivity contribution in [3.8, 4) is 0 Å². The molecule has 1 aliphatic rings. The van der Waals surface area contributed by atoms with E-state index in [2.05, 4.69) is 0 Å². The number of hydrogen-bond donors (Lipinski definition) is 0. The van der Waals surface area contributed by atoms with E-state index in [1.807, 2.05) is 0 Å². The van der Waals surface area contributed by atoms with Crippen LogP contribution in [0.1, 0.15) is 28.3 Å². The maximum atomic E-state index is 13.0. The highest BCUT2D eigenvalue weighted by Gasteiger charge is 2.36. The fourth-order valence-corrected chi connectivity index (χ4v) is 2.95. The highest BCUT2D eigenvalue weighted by atomic mass is 19.4. The van der Waals surface area contributed by atoms with Gasteiger partial charge in [0.2, 0.25) is 0 Å². The SMILES string of the molecule is O=C1COCC(c2ccccc2)N1C=Cc1cc(C(F)(F)F)cc(C(F)(F)F)c1. The van der Waals surface area contributed by atoms with E-state index in [0.29, 0.717) is 12.1 Å². The Bertz CT molecular complexity index is 873. The number of carbonyl (C=O) groups excluding carboxylic acids is 1. The Morgan fingerprint density at radius 1 is 0.931 bits per heavy atom. The predicted molar refractivity (Wildman–Crippen MR) is 92.3 cm³/mol. The third-order valence-corrected chi connectivity index (χ3v) is 4.35. The van der Waals surface area contributed by atoms with Gasteiger partial charge in [0.05, 0.1) is 23.8 Å². The van der Waals surface area contributed by atoms with E-state index in [1.165, 1.54) is 11.1 Å². The fourth-order valence-electron chi connectivity index (χ4n) is 2.95. The van der Waals surface area contributed by atoms with Crippen LogP contribution in [-0.2, 0) is 21.9 Å². The maximum Gasteiger partial charge on any atom is 0.416 e. The Morgan fingerprint density at radius 2 is 1.52 bits per heavy atom. The van der Waals surface area contributed by atoms with Crippen LogP contribution in [0.15, 0.2) is 54.7 Å². The van der Waals surface area contributed by atoms with Gasteiger partial charge >= 0.3 is 12.4 Å². The Labute approximate surface area is 162 Å². The molecule has 0 saturated carbocycles. The van der Waals surface area contributed by atoms with Crippen molar-refractivity contribution in [3.63, 3.8) is 0 Å². The van der Waals surface area contributed by atoms with Crippen molar-refractivity contribution in [1.82, 2.24) is 4.90 Å². The molecule has 1 aliphatic heterocycles. The summed E-state index contributed by atoms with van der Waals surface area (Å²) < 4.78 is 83.3. The molecule has 0 aromatic heterocycles. The zero-order valence-corrected chi connectivity index (χ0v) is 14.8. The van der Waals surface area contributed by atoms with E-state index in [4.69, 9.17) is 4.74 Å². The molecule has 3 nitrogen and oxygen atoms in total. The van der Waals surface area contributed by atoms with Crippen molar-refractivity contribution in [2.24, 2.45) is 0 Å². The molecule has 3 rings (SSSR count). The molecule has 1 heterocycles. The number of nitrogens with zero attached hydrogens (tertiary/aromatic N) is 1. The van der Waals surface area contributed by atoms with Crippen LogP contribution in [0.4, 0.5) is 26.3 Å². The number of benzene rings is 2. The van der Waals surface area contributed by atoms with E-state index in [-0.39, 0.29) is 24.8 Å². The molecule has 0 bridgehead atoms. The number of ether oxygens (including phenoxy) is 1. The van der Waals surface area contributed by atoms with Crippen LogP contribution >= 0.6 is 0 Å². The standard InChI is InChI=1S/C20H15F6NO2/c21-19(22,23)15-8-13(9-16(10-15)20(24,25)26)6-7-27-17(11-29-12-18(27)28)14-4-2-1-3-5-14/h1-10,17H,11-12H2. The average molecular weight is 415 g/mol. The minimum atomic E-state index is -4.94. The van der Waals surface area contributed by atoms with Crippen LogP contribution in [0, 0.1) is 0 Å². The molecular formula is C20H15F6NO2. The highest BCUT2D eigenvalue weighted by Crippen LogP contribution is 2.36. The molecule has 2 aromatic carbocycles. The van der Waals surface area contributed by atoms with Crippen molar-refractivity contribution in [3.05, 3.63) is 77.0 Å². The van der Waals surface area contributed by atoms with Crippen molar-refractivity contribution in [1.29, 1.82) is 0 Å². The number of carbonyl (C=O) groups is 1. The van der Waals surface area contributed by atoms with Gasteiger partial charge in [0.1, 0.15) is 6.61 Å². The molecule has 0 N–H and O–H groups in total. The molecular weight excluding hydrogens is 400 g/mol.